The standard InChI is InChI=1S/C22H16O/c1-2-6-17(7-3-1)10-13-22-15-21(16-23-22)20-12-11-18-8-4-5-9-19(18)14-20/h1-16H/b13-10+. The Kier molecular flexibility index (Phi) is 3.53. The molecule has 0 atom stereocenters. The molecular formula is C22H16O. The predicted molar refractivity (Wildman–Crippen MR) is 97.0 cm³/mol. The maximum Gasteiger partial charge on any atom is 0.127 e. The van der Waals surface area contributed by atoms with Gasteiger partial charge < -0.3 is 4.42 Å². The number of hydrogen-bond donors (Lipinski definition) is 0. The summed E-state index contributed by atoms with van der Waals surface area (Å²) >= 11 is 0. The van der Waals surface area contributed by atoms with Crippen LogP contribution in [0.25, 0.3) is 34.1 Å². The first kappa shape index (κ1) is 13.6. The summed E-state index contributed by atoms with van der Waals surface area (Å²) in [6.45, 7) is 0. The molecule has 0 spiro atoms. The smallest absolute Gasteiger partial charge is 0.127 e. The summed E-state index contributed by atoms with van der Waals surface area (Å²) in [6, 6.07) is 27.2. The van der Waals surface area contributed by atoms with E-state index in [0.717, 1.165) is 16.9 Å². The highest BCUT2D eigenvalue weighted by Crippen LogP contribution is 2.26. The van der Waals surface area contributed by atoms with Gasteiger partial charge >= 0.3 is 0 Å². The van der Waals surface area contributed by atoms with Crippen molar-refractivity contribution in [1.82, 2.24) is 0 Å². The Morgan fingerprint density at radius 1 is 0.609 bits per heavy atom. The van der Waals surface area contributed by atoms with Gasteiger partial charge in [0, 0.05) is 5.56 Å². The van der Waals surface area contributed by atoms with Gasteiger partial charge in [0.25, 0.3) is 0 Å². The van der Waals surface area contributed by atoms with Gasteiger partial charge in [-0.3, -0.25) is 0 Å². The van der Waals surface area contributed by atoms with Crippen molar-refractivity contribution in [2.24, 2.45) is 0 Å². The molecule has 0 aliphatic heterocycles. The average Bonchev–Trinajstić information content (AvgIpc) is 3.09. The molecule has 0 bridgehead atoms. The molecule has 0 saturated carbocycles. The monoisotopic (exact) mass is 296 g/mol. The zero-order valence-electron chi connectivity index (χ0n) is 12.6. The van der Waals surface area contributed by atoms with Crippen LogP contribution in [-0.4, -0.2) is 0 Å². The van der Waals surface area contributed by atoms with Crippen molar-refractivity contribution < 1.29 is 4.42 Å². The normalized spacial score (nSPS) is 11.3. The molecule has 0 N–H and O–H groups in total. The highest BCUT2D eigenvalue weighted by atomic mass is 16.3. The molecule has 0 unspecified atom stereocenters. The average molecular weight is 296 g/mol. The molecule has 0 fully saturated rings. The largest absolute Gasteiger partial charge is 0.464 e. The molecular weight excluding hydrogens is 280 g/mol. The minimum Gasteiger partial charge on any atom is -0.464 e. The predicted octanol–water partition coefficient (Wildman–Crippen LogP) is 6.27. The third kappa shape index (κ3) is 2.95. The summed E-state index contributed by atoms with van der Waals surface area (Å²) < 4.78 is 5.67. The fourth-order valence-electron chi connectivity index (χ4n) is 2.70. The van der Waals surface area contributed by atoms with E-state index in [1.165, 1.54) is 16.3 Å². The molecule has 0 saturated heterocycles. The zero-order chi connectivity index (χ0) is 15.5. The molecule has 4 rings (SSSR count). The fourth-order valence-corrected chi connectivity index (χ4v) is 2.70. The van der Waals surface area contributed by atoms with Gasteiger partial charge in [0.15, 0.2) is 0 Å². The Labute approximate surface area is 135 Å². The van der Waals surface area contributed by atoms with Gasteiger partial charge in [-0.2, -0.15) is 0 Å². The van der Waals surface area contributed by atoms with Crippen molar-refractivity contribution in [1.29, 1.82) is 0 Å². The summed E-state index contributed by atoms with van der Waals surface area (Å²) in [4.78, 5) is 0. The van der Waals surface area contributed by atoms with E-state index in [4.69, 9.17) is 4.42 Å². The first-order valence-electron chi connectivity index (χ1n) is 7.69. The van der Waals surface area contributed by atoms with Crippen LogP contribution < -0.4 is 0 Å². The van der Waals surface area contributed by atoms with E-state index in [9.17, 15) is 0 Å². The van der Waals surface area contributed by atoms with Gasteiger partial charge in [-0.05, 0) is 40.1 Å². The van der Waals surface area contributed by atoms with Crippen molar-refractivity contribution >= 4 is 22.9 Å². The van der Waals surface area contributed by atoms with E-state index in [2.05, 4.69) is 66.7 Å². The summed E-state index contributed by atoms with van der Waals surface area (Å²) in [5, 5.41) is 2.50. The second-order valence-corrected chi connectivity index (χ2v) is 5.54. The zero-order valence-corrected chi connectivity index (χ0v) is 12.6. The van der Waals surface area contributed by atoms with Gasteiger partial charge in [-0.25, -0.2) is 0 Å². The number of fused-ring (bicyclic) bond motifs is 1. The minimum atomic E-state index is 0.858. The molecule has 1 heteroatoms. The van der Waals surface area contributed by atoms with Crippen LogP contribution in [0.5, 0.6) is 0 Å². The maximum atomic E-state index is 5.67. The van der Waals surface area contributed by atoms with E-state index in [1.807, 2.05) is 30.5 Å². The van der Waals surface area contributed by atoms with Crippen LogP contribution in [-0.2, 0) is 0 Å². The van der Waals surface area contributed by atoms with Crippen LogP contribution in [0.1, 0.15) is 11.3 Å². The summed E-state index contributed by atoms with van der Waals surface area (Å²) in [5.74, 6) is 0.858. The van der Waals surface area contributed by atoms with Gasteiger partial charge in [0.05, 0.1) is 6.26 Å². The summed E-state index contributed by atoms with van der Waals surface area (Å²) in [5.41, 5.74) is 3.44. The van der Waals surface area contributed by atoms with Crippen molar-refractivity contribution in [3.8, 4) is 11.1 Å². The molecule has 1 aromatic heterocycles. The number of hydrogen-bond acceptors (Lipinski definition) is 1. The minimum absolute atomic E-state index is 0.858. The Bertz CT molecular complexity index is 961. The molecule has 0 aliphatic rings. The van der Waals surface area contributed by atoms with Gasteiger partial charge in [-0.1, -0.05) is 72.8 Å². The number of rotatable bonds is 3. The number of furan rings is 1. The fraction of sp³-hybridized carbons (Fsp3) is 0. The van der Waals surface area contributed by atoms with Crippen LogP contribution in [0.4, 0.5) is 0 Å². The molecule has 0 aliphatic carbocycles. The van der Waals surface area contributed by atoms with E-state index >= 15 is 0 Å². The topological polar surface area (TPSA) is 13.1 Å². The Hall–Kier alpha value is -3.06. The summed E-state index contributed by atoms with van der Waals surface area (Å²) in [6.07, 6.45) is 5.87. The SMILES string of the molecule is C(=C\c1cc(-c2ccc3ccccc3c2)co1)/c1ccccc1. The lowest BCUT2D eigenvalue weighted by Gasteiger charge is -2.00. The van der Waals surface area contributed by atoms with Crippen LogP contribution in [0.2, 0.25) is 0 Å². The number of benzene rings is 3. The van der Waals surface area contributed by atoms with E-state index in [1.54, 1.807) is 0 Å². The molecule has 1 nitrogen and oxygen atoms in total. The van der Waals surface area contributed by atoms with Crippen molar-refractivity contribution in [3.63, 3.8) is 0 Å². The Balaban J connectivity index is 1.62. The van der Waals surface area contributed by atoms with E-state index in [0.29, 0.717) is 0 Å². The Morgan fingerprint density at radius 2 is 1.39 bits per heavy atom. The molecule has 23 heavy (non-hydrogen) atoms. The third-order valence-corrected chi connectivity index (χ3v) is 3.94. The molecule has 0 amide bonds. The first-order chi connectivity index (χ1) is 11.4. The molecule has 1 heterocycles. The molecule has 110 valence electrons. The van der Waals surface area contributed by atoms with Crippen molar-refractivity contribution in [2.45, 2.75) is 0 Å². The lowest BCUT2D eigenvalue weighted by atomic mass is 10.0. The lowest BCUT2D eigenvalue weighted by Crippen LogP contribution is -1.76. The van der Waals surface area contributed by atoms with E-state index in [-0.39, 0.29) is 0 Å². The first-order valence-corrected chi connectivity index (χ1v) is 7.69. The third-order valence-electron chi connectivity index (χ3n) is 3.94. The second-order valence-electron chi connectivity index (χ2n) is 5.54. The van der Waals surface area contributed by atoms with Gasteiger partial charge in [-0.15, -0.1) is 0 Å². The van der Waals surface area contributed by atoms with Gasteiger partial charge in [0.2, 0.25) is 0 Å². The highest BCUT2D eigenvalue weighted by Gasteiger charge is 2.03. The summed E-state index contributed by atoms with van der Waals surface area (Å²) in [7, 11) is 0. The van der Waals surface area contributed by atoms with E-state index < -0.39 is 0 Å². The lowest BCUT2D eigenvalue weighted by molar-refractivity contribution is 0.558. The molecule has 4 aromatic rings. The quantitative estimate of drug-likeness (QED) is 0.434. The second kappa shape index (κ2) is 5.98. The van der Waals surface area contributed by atoms with Gasteiger partial charge in [0.1, 0.15) is 5.76 Å². The van der Waals surface area contributed by atoms with Crippen LogP contribution in [0.3, 0.4) is 0 Å². The molecule has 3 aromatic carbocycles. The van der Waals surface area contributed by atoms with Crippen LogP contribution >= 0.6 is 0 Å². The van der Waals surface area contributed by atoms with Crippen LogP contribution in [0, 0.1) is 0 Å². The van der Waals surface area contributed by atoms with Crippen molar-refractivity contribution in [3.05, 3.63) is 96.4 Å². The molecule has 0 radical (unpaired) electrons. The Morgan fingerprint density at radius 3 is 2.26 bits per heavy atom. The van der Waals surface area contributed by atoms with Crippen molar-refractivity contribution in [2.75, 3.05) is 0 Å². The highest BCUT2D eigenvalue weighted by molar-refractivity contribution is 5.87. The van der Waals surface area contributed by atoms with Crippen LogP contribution in [0.15, 0.2) is 89.5 Å². The maximum absolute atomic E-state index is 5.67.